The first-order chi connectivity index (χ1) is 11.1. The topological polar surface area (TPSA) is 68.2 Å². The van der Waals surface area contributed by atoms with E-state index in [1.165, 1.54) is 0 Å². The summed E-state index contributed by atoms with van der Waals surface area (Å²) in [5.41, 5.74) is 1.55. The first-order valence-electron chi connectivity index (χ1n) is 7.79. The minimum atomic E-state index is -0.455. The molecule has 7 heteroatoms. The molecular formula is C16H18ClN5O. The maximum Gasteiger partial charge on any atom is 0.158 e. The van der Waals surface area contributed by atoms with Gasteiger partial charge in [-0.05, 0) is 19.1 Å². The number of halogens is 1. The van der Waals surface area contributed by atoms with Crippen molar-refractivity contribution in [1.82, 2.24) is 15.1 Å². The Hall–Kier alpha value is -1.81. The zero-order valence-corrected chi connectivity index (χ0v) is 13.7. The molecule has 0 unspecified atom stereocenters. The average molecular weight is 332 g/mol. The number of fused-ring (bicyclic) bond motifs is 1. The number of nitrogens with zero attached hydrogens (tertiary/aromatic N) is 4. The van der Waals surface area contributed by atoms with Crippen LogP contribution in [0.25, 0.3) is 10.9 Å². The highest BCUT2D eigenvalue weighted by Gasteiger charge is 2.51. The fourth-order valence-electron chi connectivity index (χ4n) is 3.49. The third kappa shape index (κ3) is 2.19. The van der Waals surface area contributed by atoms with Crippen LogP contribution in [-0.2, 0) is 4.74 Å². The van der Waals surface area contributed by atoms with Gasteiger partial charge >= 0.3 is 0 Å². The van der Waals surface area contributed by atoms with Crippen molar-refractivity contribution in [2.45, 2.75) is 18.6 Å². The van der Waals surface area contributed by atoms with Crippen LogP contribution < -0.4 is 4.90 Å². The predicted octanol–water partition coefficient (Wildman–Crippen LogP) is 2.02. The number of benzene rings is 1. The smallest absolute Gasteiger partial charge is 0.158 e. The Morgan fingerprint density at radius 3 is 2.78 bits per heavy atom. The normalized spacial score (nSPS) is 28.6. The van der Waals surface area contributed by atoms with Crippen LogP contribution in [0.15, 0.2) is 18.3 Å². The summed E-state index contributed by atoms with van der Waals surface area (Å²) >= 11 is 6.44. The summed E-state index contributed by atoms with van der Waals surface area (Å²) in [5, 5.41) is 18.4. The molecule has 6 nitrogen and oxygen atoms in total. The second-order valence-electron chi connectivity index (χ2n) is 6.22. The van der Waals surface area contributed by atoms with Gasteiger partial charge in [0.1, 0.15) is 0 Å². The molecule has 2 saturated heterocycles. The highest BCUT2D eigenvalue weighted by Crippen LogP contribution is 2.35. The monoisotopic (exact) mass is 331 g/mol. The van der Waals surface area contributed by atoms with E-state index in [0.717, 1.165) is 47.8 Å². The molecular weight excluding hydrogens is 314 g/mol. The molecule has 1 aromatic carbocycles. The summed E-state index contributed by atoms with van der Waals surface area (Å²) in [6, 6.07) is 6.46. The van der Waals surface area contributed by atoms with Crippen LogP contribution >= 0.6 is 11.6 Å². The number of H-pyrrole nitrogens is 1. The molecule has 3 heterocycles. The minimum Gasteiger partial charge on any atom is -0.372 e. The van der Waals surface area contributed by atoms with Crippen molar-refractivity contribution in [2.75, 3.05) is 37.7 Å². The van der Waals surface area contributed by atoms with Crippen molar-refractivity contribution >= 4 is 28.2 Å². The molecule has 4 rings (SSSR count). The standard InChI is InChI=1S/C16H18ClN5O/c1-11-16(9-18,10-23-11)22-4-2-21(3-5-22)15-7-14-12(6-13(15)17)8-19-20-14/h6-8,11H,2-5,10H2,1H3,(H,19,20)/t11-,16+/m0/s1. The van der Waals surface area contributed by atoms with Gasteiger partial charge in [-0.2, -0.15) is 10.4 Å². The second kappa shape index (κ2) is 5.38. The third-order valence-electron chi connectivity index (χ3n) is 5.11. The zero-order chi connectivity index (χ0) is 16.0. The van der Waals surface area contributed by atoms with E-state index in [0.29, 0.717) is 6.61 Å². The molecule has 0 bridgehead atoms. The maximum absolute atomic E-state index is 9.56. The van der Waals surface area contributed by atoms with Gasteiger partial charge in [-0.15, -0.1) is 0 Å². The fourth-order valence-corrected chi connectivity index (χ4v) is 3.78. The summed E-state index contributed by atoms with van der Waals surface area (Å²) in [7, 11) is 0. The fraction of sp³-hybridized carbons (Fsp3) is 0.500. The lowest BCUT2D eigenvalue weighted by atomic mass is 9.88. The number of piperazine rings is 1. The SMILES string of the molecule is C[C@@H]1OC[C@@]1(C#N)N1CCN(c2cc3[nH]ncc3cc2Cl)CC1. The van der Waals surface area contributed by atoms with Gasteiger partial charge in [-0.3, -0.25) is 10.00 Å². The minimum absolute atomic E-state index is 0.0241. The quantitative estimate of drug-likeness (QED) is 0.911. The van der Waals surface area contributed by atoms with Gasteiger partial charge in [0.15, 0.2) is 5.54 Å². The predicted molar refractivity (Wildman–Crippen MR) is 88.6 cm³/mol. The summed E-state index contributed by atoms with van der Waals surface area (Å²) < 4.78 is 5.45. The Morgan fingerprint density at radius 2 is 2.17 bits per heavy atom. The maximum atomic E-state index is 9.56. The number of anilines is 1. The Balaban J connectivity index is 1.53. The lowest BCUT2D eigenvalue weighted by Gasteiger charge is -2.52. The lowest BCUT2D eigenvalue weighted by Crippen LogP contribution is -2.69. The van der Waals surface area contributed by atoms with Crippen LogP contribution in [0, 0.1) is 11.3 Å². The molecule has 2 fully saturated rings. The number of hydrogen-bond donors (Lipinski definition) is 1. The zero-order valence-electron chi connectivity index (χ0n) is 12.9. The number of hydrogen-bond acceptors (Lipinski definition) is 5. The number of nitriles is 1. The van der Waals surface area contributed by atoms with Crippen LogP contribution in [0.2, 0.25) is 5.02 Å². The molecule has 2 atom stereocenters. The van der Waals surface area contributed by atoms with E-state index in [2.05, 4.69) is 32.1 Å². The van der Waals surface area contributed by atoms with Gasteiger partial charge < -0.3 is 9.64 Å². The van der Waals surface area contributed by atoms with E-state index in [9.17, 15) is 5.26 Å². The van der Waals surface area contributed by atoms with Gasteiger partial charge in [0.25, 0.3) is 0 Å². The van der Waals surface area contributed by atoms with Crippen molar-refractivity contribution in [3.63, 3.8) is 0 Å². The Labute approximate surface area is 139 Å². The lowest BCUT2D eigenvalue weighted by molar-refractivity contribution is -0.166. The molecule has 0 amide bonds. The molecule has 2 aromatic rings. The molecule has 0 spiro atoms. The summed E-state index contributed by atoms with van der Waals surface area (Å²) in [4.78, 5) is 4.52. The summed E-state index contributed by atoms with van der Waals surface area (Å²) in [6.45, 7) is 5.83. The van der Waals surface area contributed by atoms with Crippen LogP contribution in [0.5, 0.6) is 0 Å². The Morgan fingerprint density at radius 1 is 1.39 bits per heavy atom. The highest BCUT2D eigenvalue weighted by molar-refractivity contribution is 6.34. The van der Waals surface area contributed by atoms with E-state index >= 15 is 0 Å². The first kappa shape index (κ1) is 14.8. The molecule has 2 aliphatic rings. The van der Waals surface area contributed by atoms with Crippen molar-refractivity contribution in [3.8, 4) is 6.07 Å². The highest BCUT2D eigenvalue weighted by atomic mass is 35.5. The van der Waals surface area contributed by atoms with Gasteiger partial charge in [-0.25, -0.2) is 0 Å². The molecule has 1 N–H and O–H groups in total. The number of aromatic amines is 1. The molecule has 2 aliphatic heterocycles. The van der Waals surface area contributed by atoms with E-state index in [4.69, 9.17) is 16.3 Å². The molecule has 120 valence electrons. The van der Waals surface area contributed by atoms with Crippen LogP contribution in [0.1, 0.15) is 6.92 Å². The van der Waals surface area contributed by atoms with Crippen molar-refractivity contribution in [1.29, 1.82) is 5.26 Å². The van der Waals surface area contributed by atoms with E-state index in [-0.39, 0.29) is 6.10 Å². The van der Waals surface area contributed by atoms with Crippen molar-refractivity contribution in [3.05, 3.63) is 23.4 Å². The third-order valence-corrected chi connectivity index (χ3v) is 5.41. The van der Waals surface area contributed by atoms with Gasteiger partial charge in [0, 0.05) is 31.6 Å². The molecule has 1 aromatic heterocycles. The van der Waals surface area contributed by atoms with E-state index in [1.807, 2.05) is 13.0 Å². The number of ether oxygens (including phenoxy) is 1. The summed E-state index contributed by atoms with van der Waals surface area (Å²) in [5.74, 6) is 0. The van der Waals surface area contributed by atoms with Gasteiger partial charge in [0.05, 0.1) is 41.2 Å². The number of aromatic nitrogens is 2. The van der Waals surface area contributed by atoms with Crippen LogP contribution in [0.4, 0.5) is 5.69 Å². The average Bonchev–Trinajstić information content (AvgIpc) is 3.01. The van der Waals surface area contributed by atoms with Gasteiger partial charge in [-0.1, -0.05) is 11.6 Å². The largest absolute Gasteiger partial charge is 0.372 e. The number of rotatable bonds is 2. The Bertz CT molecular complexity index is 776. The molecule has 0 aliphatic carbocycles. The van der Waals surface area contributed by atoms with Crippen LogP contribution in [0.3, 0.4) is 0 Å². The van der Waals surface area contributed by atoms with Crippen molar-refractivity contribution in [2.24, 2.45) is 0 Å². The van der Waals surface area contributed by atoms with Crippen LogP contribution in [-0.4, -0.2) is 59.5 Å². The first-order valence-corrected chi connectivity index (χ1v) is 8.17. The Kier molecular flexibility index (Phi) is 3.45. The number of nitrogens with one attached hydrogen (secondary N) is 1. The molecule has 23 heavy (non-hydrogen) atoms. The molecule has 0 saturated carbocycles. The van der Waals surface area contributed by atoms with Crippen molar-refractivity contribution < 1.29 is 4.74 Å². The van der Waals surface area contributed by atoms with E-state index in [1.54, 1.807) is 6.20 Å². The second-order valence-corrected chi connectivity index (χ2v) is 6.63. The summed E-state index contributed by atoms with van der Waals surface area (Å²) in [6.07, 6.45) is 1.75. The van der Waals surface area contributed by atoms with Gasteiger partial charge in [0.2, 0.25) is 0 Å². The van der Waals surface area contributed by atoms with E-state index < -0.39 is 5.54 Å². The molecule has 0 radical (unpaired) electrons.